The molecule has 0 saturated heterocycles. The van der Waals surface area contributed by atoms with Crippen LogP contribution in [0.5, 0.6) is 0 Å². The van der Waals surface area contributed by atoms with E-state index in [0.29, 0.717) is 21.8 Å². The van der Waals surface area contributed by atoms with Crippen molar-refractivity contribution in [1.82, 2.24) is 9.97 Å². The second kappa shape index (κ2) is 5.64. The molecule has 2 aromatic rings. The molecule has 2 rings (SSSR count). The van der Waals surface area contributed by atoms with Gasteiger partial charge in [-0.1, -0.05) is 17.7 Å². The summed E-state index contributed by atoms with van der Waals surface area (Å²) in [5.41, 5.74) is 17.9. The summed E-state index contributed by atoms with van der Waals surface area (Å²) >= 11 is 7.51. The largest absolute Gasteiger partial charge is 0.383 e. The van der Waals surface area contributed by atoms with E-state index < -0.39 is 0 Å². The van der Waals surface area contributed by atoms with Gasteiger partial charge in [-0.15, -0.1) is 0 Å². The monoisotopic (exact) mass is 295 g/mol. The number of hydrogen-bond donors (Lipinski definition) is 3. The zero-order valence-corrected chi connectivity index (χ0v) is 11.9. The molecule has 0 aliphatic heterocycles. The van der Waals surface area contributed by atoms with Gasteiger partial charge in [0.1, 0.15) is 11.6 Å². The Bertz CT molecular complexity index is 582. The van der Waals surface area contributed by atoms with E-state index in [0.717, 1.165) is 10.5 Å². The number of halogens is 1. The van der Waals surface area contributed by atoms with Crippen LogP contribution in [0.4, 0.5) is 11.6 Å². The number of aromatic nitrogens is 2. The van der Waals surface area contributed by atoms with Crippen LogP contribution in [0, 0.1) is 0 Å². The molecule has 0 saturated carbocycles. The lowest BCUT2D eigenvalue weighted by molar-refractivity contribution is 0.817. The van der Waals surface area contributed by atoms with Gasteiger partial charge in [0.15, 0.2) is 5.16 Å². The summed E-state index contributed by atoms with van der Waals surface area (Å²) in [5.74, 6) is 0.682. The maximum absolute atomic E-state index is 6.17. The van der Waals surface area contributed by atoms with Crippen molar-refractivity contribution < 1.29 is 0 Å². The van der Waals surface area contributed by atoms with E-state index in [9.17, 15) is 0 Å². The van der Waals surface area contributed by atoms with Crippen molar-refractivity contribution >= 4 is 35.0 Å². The molecule has 0 aliphatic carbocycles. The number of anilines is 2. The third-order valence-corrected chi connectivity index (χ3v) is 3.60. The maximum Gasteiger partial charge on any atom is 0.196 e. The highest BCUT2D eigenvalue weighted by molar-refractivity contribution is 7.99. The fourth-order valence-electron chi connectivity index (χ4n) is 1.55. The van der Waals surface area contributed by atoms with E-state index in [1.54, 1.807) is 0 Å². The molecular weight excluding hydrogens is 282 g/mol. The molecule has 1 unspecified atom stereocenters. The topological polar surface area (TPSA) is 104 Å². The Labute approximate surface area is 120 Å². The second-order valence-electron chi connectivity index (χ2n) is 4.07. The SMILES string of the molecule is CC(N)c1ccc(Sc2nc(N)cc(N)n2)cc1Cl. The number of benzene rings is 1. The number of nitrogens with two attached hydrogens (primary N) is 3. The van der Waals surface area contributed by atoms with Gasteiger partial charge in [0.25, 0.3) is 0 Å². The maximum atomic E-state index is 6.17. The van der Waals surface area contributed by atoms with E-state index in [4.69, 9.17) is 28.8 Å². The smallest absolute Gasteiger partial charge is 0.196 e. The van der Waals surface area contributed by atoms with E-state index in [1.165, 1.54) is 17.8 Å². The minimum atomic E-state index is -0.106. The minimum Gasteiger partial charge on any atom is -0.383 e. The average Bonchev–Trinajstić information content (AvgIpc) is 2.26. The van der Waals surface area contributed by atoms with Crippen molar-refractivity contribution in [2.75, 3.05) is 11.5 Å². The molecule has 5 nitrogen and oxygen atoms in total. The second-order valence-corrected chi connectivity index (χ2v) is 5.52. The van der Waals surface area contributed by atoms with Crippen molar-refractivity contribution in [2.24, 2.45) is 5.73 Å². The molecule has 0 spiro atoms. The van der Waals surface area contributed by atoms with Crippen LogP contribution in [-0.2, 0) is 0 Å². The number of nitrogen functional groups attached to an aromatic ring is 2. The van der Waals surface area contributed by atoms with Crippen molar-refractivity contribution in [3.63, 3.8) is 0 Å². The summed E-state index contributed by atoms with van der Waals surface area (Å²) in [6, 6.07) is 7.04. The molecule has 0 aliphatic rings. The van der Waals surface area contributed by atoms with Crippen LogP contribution in [0.25, 0.3) is 0 Å². The first-order chi connectivity index (χ1) is 8.95. The summed E-state index contributed by atoms with van der Waals surface area (Å²) in [6.07, 6.45) is 0. The van der Waals surface area contributed by atoms with E-state index in [-0.39, 0.29) is 6.04 Å². The lowest BCUT2D eigenvalue weighted by atomic mass is 10.1. The highest BCUT2D eigenvalue weighted by Crippen LogP contribution is 2.31. The van der Waals surface area contributed by atoms with Gasteiger partial charge in [-0.05, 0) is 36.4 Å². The molecule has 100 valence electrons. The van der Waals surface area contributed by atoms with Crippen LogP contribution in [0.15, 0.2) is 34.3 Å². The number of nitrogens with zero attached hydrogens (tertiary/aromatic N) is 2. The van der Waals surface area contributed by atoms with Gasteiger partial charge in [-0.25, -0.2) is 9.97 Å². The molecule has 1 heterocycles. The average molecular weight is 296 g/mol. The van der Waals surface area contributed by atoms with Crippen LogP contribution in [-0.4, -0.2) is 9.97 Å². The Hall–Kier alpha value is -1.50. The van der Waals surface area contributed by atoms with Crippen molar-refractivity contribution in [2.45, 2.75) is 23.0 Å². The third-order valence-electron chi connectivity index (χ3n) is 2.42. The van der Waals surface area contributed by atoms with Crippen LogP contribution in [0.3, 0.4) is 0 Å². The molecule has 6 N–H and O–H groups in total. The first-order valence-corrected chi connectivity index (χ1v) is 6.78. The zero-order chi connectivity index (χ0) is 14.0. The Morgan fingerprint density at radius 1 is 1.16 bits per heavy atom. The fourth-order valence-corrected chi connectivity index (χ4v) is 2.80. The predicted molar refractivity (Wildman–Crippen MR) is 79.0 cm³/mol. The predicted octanol–water partition coefficient (Wildman–Crippen LogP) is 2.47. The normalized spacial score (nSPS) is 12.4. The van der Waals surface area contributed by atoms with E-state index in [2.05, 4.69) is 9.97 Å². The Morgan fingerprint density at radius 2 is 1.79 bits per heavy atom. The fraction of sp³-hybridized carbons (Fsp3) is 0.167. The Balaban J connectivity index is 2.26. The summed E-state index contributed by atoms with van der Waals surface area (Å²) < 4.78 is 0. The van der Waals surface area contributed by atoms with Crippen molar-refractivity contribution in [1.29, 1.82) is 0 Å². The van der Waals surface area contributed by atoms with Crippen LogP contribution in [0.1, 0.15) is 18.5 Å². The van der Waals surface area contributed by atoms with Gasteiger partial charge in [0.05, 0.1) is 0 Å². The van der Waals surface area contributed by atoms with Crippen LogP contribution >= 0.6 is 23.4 Å². The Kier molecular flexibility index (Phi) is 4.14. The van der Waals surface area contributed by atoms with Gasteiger partial charge in [0, 0.05) is 22.0 Å². The molecule has 0 amide bonds. The minimum absolute atomic E-state index is 0.106. The standard InChI is InChI=1S/C12H14ClN5S/c1-6(14)8-3-2-7(4-9(8)13)19-12-17-10(15)5-11(16)18-12/h2-6H,14H2,1H3,(H4,15,16,17,18). The number of rotatable bonds is 3. The molecule has 19 heavy (non-hydrogen) atoms. The van der Waals surface area contributed by atoms with Gasteiger partial charge < -0.3 is 17.2 Å². The highest BCUT2D eigenvalue weighted by atomic mass is 35.5. The van der Waals surface area contributed by atoms with E-state index >= 15 is 0 Å². The van der Waals surface area contributed by atoms with Crippen molar-refractivity contribution in [3.8, 4) is 0 Å². The summed E-state index contributed by atoms with van der Waals surface area (Å²) in [5, 5.41) is 1.11. The highest BCUT2D eigenvalue weighted by Gasteiger charge is 2.08. The first kappa shape index (κ1) is 13.9. The Morgan fingerprint density at radius 3 is 2.32 bits per heavy atom. The zero-order valence-electron chi connectivity index (χ0n) is 10.3. The summed E-state index contributed by atoms with van der Waals surface area (Å²) in [6.45, 7) is 1.88. The molecule has 0 fully saturated rings. The molecule has 7 heteroatoms. The molecular formula is C12H14ClN5S. The van der Waals surface area contributed by atoms with Gasteiger partial charge in [-0.2, -0.15) is 0 Å². The molecule has 1 aromatic heterocycles. The van der Waals surface area contributed by atoms with Crippen LogP contribution < -0.4 is 17.2 Å². The van der Waals surface area contributed by atoms with Gasteiger partial charge in [-0.3, -0.25) is 0 Å². The summed E-state index contributed by atoms with van der Waals surface area (Å²) in [4.78, 5) is 9.10. The van der Waals surface area contributed by atoms with Gasteiger partial charge >= 0.3 is 0 Å². The molecule has 0 radical (unpaired) electrons. The summed E-state index contributed by atoms with van der Waals surface area (Å²) in [7, 11) is 0. The molecule has 1 atom stereocenters. The lowest BCUT2D eigenvalue weighted by Gasteiger charge is -2.09. The lowest BCUT2D eigenvalue weighted by Crippen LogP contribution is -2.05. The number of hydrogen-bond acceptors (Lipinski definition) is 6. The third kappa shape index (κ3) is 3.50. The molecule has 1 aromatic carbocycles. The molecule has 0 bridgehead atoms. The van der Waals surface area contributed by atoms with E-state index in [1.807, 2.05) is 25.1 Å². The first-order valence-electron chi connectivity index (χ1n) is 5.58. The van der Waals surface area contributed by atoms with Crippen molar-refractivity contribution in [3.05, 3.63) is 34.9 Å². The van der Waals surface area contributed by atoms with Gasteiger partial charge in [0.2, 0.25) is 0 Å². The quantitative estimate of drug-likeness (QED) is 0.751. The van der Waals surface area contributed by atoms with Crippen LogP contribution in [0.2, 0.25) is 5.02 Å².